The first-order valence-corrected chi connectivity index (χ1v) is 7.61. The van der Waals surface area contributed by atoms with Crippen molar-refractivity contribution in [3.8, 4) is 11.6 Å². The molecule has 1 aliphatic heterocycles. The fourth-order valence-electron chi connectivity index (χ4n) is 2.21. The summed E-state index contributed by atoms with van der Waals surface area (Å²) < 4.78 is 10.4. The van der Waals surface area contributed by atoms with Crippen LogP contribution in [0.5, 0.6) is 11.6 Å². The number of aromatic nitrogens is 1. The van der Waals surface area contributed by atoms with Crippen molar-refractivity contribution in [2.45, 2.75) is 6.42 Å². The van der Waals surface area contributed by atoms with E-state index < -0.39 is 0 Å². The predicted octanol–water partition coefficient (Wildman–Crippen LogP) is 2.65. The van der Waals surface area contributed by atoms with E-state index in [1.807, 2.05) is 30.3 Å². The van der Waals surface area contributed by atoms with Crippen LogP contribution in [0.3, 0.4) is 0 Å². The Bertz CT molecular complexity index is 704. The summed E-state index contributed by atoms with van der Waals surface area (Å²) in [5, 5.41) is 2.74. The molecule has 24 heavy (non-hydrogen) atoms. The Hall–Kier alpha value is -3.09. The average molecular weight is 327 g/mol. The Morgan fingerprint density at radius 3 is 2.75 bits per heavy atom. The van der Waals surface area contributed by atoms with Crippen molar-refractivity contribution in [3.63, 3.8) is 0 Å². The van der Waals surface area contributed by atoms with Gasteiger partial charge in [0, 0.05) is 19.0 Å². The summed E-state index contributed by atoms with van der Waals surface area (Å²) in [5.41, 5.74) is 0.574. The van der Waals surface area contributed by atoms with E-state index in [9.17, 15) is 9.59 Å². The number of cyclic esters (lactones) is 1. The molecule has 1 N–H and O–H groups in total. The van der Waals surface area contributed by atoms with Gasteiger partial charge in [0.2, 0.25) is 11.8 Å². The van der Waals surface area contributed by atoms with Crippen LogP contribution in [0, 0.1) is 0 Å². The number of para-hydroxylation sites is 1. The van der Waals surface area contributed by atoms with Gasteiger partial charge in [0.05, 0.1) is 18.4 Å². The first-order valence-electron chi connectivity index (χ1n) is 7.61. The zero-order valence-electron chi connectivity index (χ0n) is 13.0. The summed E-state index contributed by atoms with van der Waals surface area (Å²) in [4.78, 5) is 28.8. The molecule has 1 aromatic heterocycles. The van der Waals surface area contributed by atoms with Crippen LogP contribution in [-0.4, -0.2) is 41.6 Å². The maximum Gasteiger partial charge on any atom is 0.409 e. The van der Waals surface area contributed by atoms with Crippen molar-refractivity contribution in [1.29, 1.82) is 0 Å². The number of benzene rings is 1. The summed E-state index contributed by atoms with van der Waals surface area (Å²) >= 11 is 0. The van der Waals surface area contributed by atoms with Gasteiger partial charge >= 0.3 is 6.09 Å². The molecule has 0 saturated carbocycles. The molecule has 2 heterocycles. The minimum absolute atomic E-state index is 0.187. The molecule has 2 amide bonds. The van der Waals surface area contributed by atoms with Crippen LogP contribution in [-0.2, 0) is 9.53 Å². The Morgan fingerprint density at radius 2 is 2.08 bits per heavy atom. The minimum atomic E-state index is -0.369. The van der Waals surface area contributed by atoms with Crippen molar-refractivity contribution in [2.75, 3.05) is 25.0 Å². The summed E-state index contributed by atoms with van der Waals surface area (Å²) in [6, 6.07) is 12.7. The lowest BCUT2D eigenvalue weighted by atomic mass is 10.3. The van der Waals surface area contributed by atoms with E-state index >= 15 is 0 Å². The van der Waals surface area contributed by atoms with Gasteiger partial charge < -0.3 is 19.7 Å². The lowest BCUT2D eigenvalue weighted by Crippen LogP contribution is -2.28. The van der Waals surface area contributed by atoms with Gasteiger partial charge in [0.1, 0.15) is 12.4 Å². The number of amides is 2. The fraction of sp³-hybridized carbons (Fsp3) is 0.235. The molecule has 1 saturated heterocycles. The van der Waals surface area contributed by atoms with Gasteiger partial charge in [0.15, 0.2) is 0 Å². The van der Waals surface area contributed by atoms with E-state index in [-0.39, 0.29) is 18.4 Å². The van der Waals surface area contributed by atoms with E-state index in [4.69, 9.17) is 9.47 Å². The van der Waals surface area contributed by atoms with Crippen LogP contribution in [0.1, 0.15) is 6.42 Å². The Kier molecular flexibility index (Phi) is 4.90. The molecule has 0 bridgehead atoms. The van der Waals surface area contributed by atoms with Gasteiger partial charge in [-0.05, 0) is 18.2 Å². The quantitative estimate of drug-likeness (QED) is 0.882. The molecule has 0 atom stereocenters. The third-order valence-electron chi connectivity index (χ3n) is 3.44. The van der Waals surface area contributed by atoms with Crippen LogP contribution in [0.25, 0.3) is 0 Å². The molecular formula is C17H17N3O4. The zero-order chi connectivity index (χ0) is 16.8. The third-order valence-corrected chi connectivity index (χ3v) is 3.44. The number of nitrogens with one attached hydrogen (secondary N) is 1. The number of carbonyl (C=O) groups excluding carboxylic acids is 2. The molecule has 0 aliphatic carbocycles. The number of rotatable bonds is 6. The van der Waals surface area contributed by atoms with E-state index in [2.05, 4.69) is 10.3 Å². The van der Waals surface area contributed by atoms with Crippen LogP contribution < -0.4 is 10.1 Å². The van der Waals surface area contributed by atoms with Crippen LogP contribution >= 0.6 is 0 Å². The SMILES string of the molecule is O=C(CCN1CCOC1=O)Nc1ccc(Oc2ccccc2)nc1. The smallest absolute Gasteiger partial charge is 0.409 e. The second-order valence-electron chi connectivity index (χ2n) is 5.20. The van der Waals surface area contributed by atoms with Crippen LogP contribution in [0.2, 0.25) is 0 Å². The zero-order valence-corrected chi connectivity index (χ0v) is 13.0. The molecular weight excluding hydrogens is 310 g/mol. The molecule has 0 unspecified atom stereocenters. The van der Waals surface area contributed by atoms with Gasteiger partial charge in [-0.2, -0.15) is 0 Å². The molecule has 0 radical (unpaired) electrons. The number of carbonyl (C=O) groups is 2. The van der Waals surface area contributed by atoms with E-state index in [1.165, 1.54) is 11.1 Å². The molecule has 7 nitrogen and oxygen atoms in total. The monoisotopic (exact) mass is 327 g/mol. The van der Waals surface area contributed by atoms with Crippen molar-refractivity contribution < 1.29 is 19.1 Å². The second kappa shape index (κ2) is 7.45. The molecule has 1 fully saturated rings. The van der Waals surface area contributed by atoms with Crippen molar-refractivity contribution in [1.82, 2.24) is 9.88 Å². The summed E-state index contributed by atoms with van der Waals surface area (Å²) in [6.45, 7) is 1.25. The molecule has 124 valence electrons. The Labute approximate surface area is 139 Å². The summed E-state index contributed by atoms with van der Waals surface area (Å²) in [7, 11) is 0. The lowest BCUT2D eigenvalue weighted by Gasteiger charge is -2.12. The van der Waals surface area contributed by atoms with Crippen molar-refractivity contribution in [3.05, 3.63) is 48.7 Å². The molecule has 3 rings (SSSR count). The maximum atomic E-state index is 11.9. The highest BCUT2D eigenvalue weighted by atomic mass is 16.6. The van der Waals surface area contributed by atoms with Gasteiger partial charge in [-0.25, -0.2) is 9.78 Å². The van der Waals surface area contributed by atoms with E-state index in [1.54, 1.807) is 12.1 Å². The highest BCUT2D eigenvalue weighted by molar-refractivity contribution is 5.90. The van der Waals surface area contributed by atoms with Gasteiger partial charge in [0.25, 0.3) is 0 Å². The topological polar surface area (TPSA) is 80.8 Å². The van der Waals surface area contributed by atoms with E-state index in [0.29, 0.717) is 37.0 Å². The van der Waals surface area contributed by atoms with Crippen molar-refractivity contribution >= 4 is 17.7 Å². The maximum absolute atomic E-state index is 11.9. The number of ether oxygens (including phenoxy) is 2. The normalized spacial score (nSPS) is 13.5. The largest absolute Gasteiger partial charge is 0.448 e. The molecule has 1 aromatic carbocycles. The number of pyridine rings is 1. The minimum Gasteiger partial charge on any atom is -0.448 e. The Balaban J connectivity index is 1.48. The van der Waals surface area contributed by atoms with E-state index in [0.717, 1.165) is 0 Å². The number of hydrogen-bond donors (Lipinski definition) is 1. The van der Waals surface area contributed by atoms with Crippen LogP contribution in [0.15, 0.2) is 48.7 Å². The molecule has 2 aromatic rings. The summed E-state index contributed by atoms with van der Waals surface area (Å²) in [6.07, 6.45) is 1.37. The highest BCUT2D eigenvalue weighted by Crippen LogP contribution is 2.19. The lowest BCUT2D eigenvalue weighted by molar-refractivity contribution is -0.116. The third kappa shape index (κ3) is 4.22. The second-order valence-corrected chi connectivity index (χ2v) is 5.20. The highest BCUT2D eigenvalue weighted by Gasteiger charge is 2.22. The van der Waals surface area contributed by atoms with Crippen LogP contribution in [0.4, 0.5) is 10.5 Å². The number of nitrogens with zero attached hydrogens (tertiary/aromatic N) is 2. The molecule has 0 spiro atoms. The van der Waals surface area contributed by atoms with Gasteiger partial charge in [-0.3, -0.25) is 4.79 Å². The standard InChI is InChI=1S/C17H17N3O4/c21-15(8-9-20-10-11-23-17(20)22)19-13-6-7-16(18-12-13)24-14-4-2-1-3-5-14/h1-7,12H,8-11H2,(H,19,21). The van der Waals surface area contributed by atoms with Crippen molar-refractivity contribution in [2.24, 2.45) is 0 Å². The summed E-state index contributed by atoms with van der Waals surface area (Å²) in [5.74, 6) is 0.950. The number of hydrogen-bond acceptors (Lipinski definition) is 5. The first kappa shape index (κ1) is 15.8. The van der Waals surface area contributed by atoms with Gasteiger partial charge in [-0.15, -0.1) is 0 Å². The predicted molar refractivity (Wildman–Crippen MR) is 86.9 cm³/mol. The fourth-order valence-corrected chi connectivity index (χ4v) is 2.21. The number of anilines is 1. The first-order chi connectivity index (χ1) is 11.7. The molecule has 1 aliphatic rings. The van der Waals surface area contributed by atoms with Gasteiger partial charge in [-0.1, -0.05) is 18.2 Å². The average Bonchev–Trinajstić information content (AvgIpc) is 3.01. The Morgan fingerprint density at radius 1 is 1.25 bits per heavy atom. The molecule has 7 heteroatoms.